The van der Waals surface area contributed by atoms with Crippen LogP contribution in [0.25, 0.3) is 0 Å². The molecule has 0 aromatic heterocycles. The molecule has 0 radical (unpaired) electrons. The maximum Gasteiger partial charge on any atom is 0.315 e. The molecule has 0 aliphatic rings. The summed E-state index contributed by atoms with van der Waals surface area (Å²) < 4.78 is 6.24. The van der Waals surface area contributed by atoms with Gasteiger partial charge in [-0.2, -0.15) is 0 Å². The van der Waals surface area contributed by atoms with Gasteiger partial charge in [0, 0.05) is 19.8 Å². The van der Waals surface area contributed by atoms with E-state index in [9.17, 15) is 9.59 Å². The maximum atomic E-state index is 12.0. The summed E-state index contributed by atoms with van der Waals surface area (Å²) in [4.78, 5) is 31.3. The molecule has 0 aliphatic carbocycles. The van der Waals surface area contributed by atoms with Crippen LogP contribution >= 0.6 is 0 Å². The first kappa shape index (κ1) is 31.3. The Morgan fingerprint density at radius 3 is 1.97 bits per heavy atom. The molecule has 0 rings (SSSR count). The van der Waals surface area contributed by atoms with Gasteiger partial charge in [-0.25, -0.2) is 4.79 Å². The van der Waals surface area contributed by atoms with Crippen molar-refractivity contribution in [1.82, 2.24) is 10.6 Å². The van der Waals surface area contributed by atoms with Crippen molar-refractivity contribution in [1.29, 1.82) is 0 Å². The summed E-state index contributed by atoms with van der Waals surface area (Å²) in [5, 5.41) is 21.5. The highest BCUT2D eigenvalue weighted by Crippen LogP contribution is 2.04. The molecule has 0 spiro atoms. The predicted octanol–water partition coefficient (Wildman–Crippen LogP) is 3.08. The molecule has 0 aromatic carbocycles. The summed E-state index contributed by atoms with van der Waals surface area (Å²) in [7, 11) is 5.93. The molecule has 9 nitrogen and oxygen atoms in total. The second-order valence-electron chi connectivity index (χ2n) is 8.71. The van der Waals surface area contributed by atoms with Crippen molar-refractivity contribution < 1.29 is 33.8 Å². The molecule has 0 unspecified atom stereocenters. The highest BCUT2D eigenvalue weighted by Gasteiger charge is 2.22. The molecular weight excluding hydrogens is 402 g/mol. The van der Waals surface area contributed by atoms with E-state index in [0.29, 0.717) is 17.6 Å². The van der Waals surface area contributed by atoms with Gasteiger partial charge in [-0.05, 0) is 19.3 Å². The van der Waals surface area contributed by atoms with Crippen LogP contribution in [0.3, 0.4) is 0 Å². The summed E-state index contributed by atoms with van der Waals surface area (Å²) in [6.45, 7) is 4.84. The first-order valence-electron chi connectivity index (χ1n) is 11.4. The van der Waals surface area contributed by atoms with Crippen LogP contribution in [-0.2, 0) is 14.3 Å². The molecule has 9 heteroatoms. The first-order chi connectivity index (χ1) is 14.7. The summed E-state index contributed by atoms with van der Waals surface area (Å²) >= 11 is 0. The number of carbonyl (C=O) groups excluding carboxylic acids is 1. The number of ether oxygens (including phenoxy) is 1. The van der Waals surface area contributed by atoms with E-state index in [1.807, 2.05) is 21.1 Å². The molecule has 0 fully saturated rings. The molecule has 0 aromatic rings. The van der Waals surface area contributed by atoms with E-state index in [0.717, 1.165) is 45.3 Å². The van der Waals surface area contributed by atoms with Gasteiger partial charge in [-0.1, -0.05) is 45.4 Å². The van der Waals surface area contributed by atoms with E-state index in [4.69, 9.17) is 19.7 Å². The lowest BCUT2D eigenvalue weighted by molar-refractivity contribution is -0.871. The van der Waals surface area contributed by atoms with Crippen molar-refractivity contribution in [2.45, 2.75) is 77.2 Å². The van der Waals surface area contributed by atoms with Gasteiger partial charge in [0.15, 0.2) is 0 Å². The van der Waals surface area contributed by atoms with Crippen LogP contribution in [0.2, 0.25) is 0 Å². The van der Waals surface area contributed by atoms with Crippen LogP contribution in [-0.4, -0.2) is 86.7 Å². The monoisotopic (exact) mass is 448 g/mol. The van der Waals surface area contributed by atoms with Crippen molar-refractivity contribution in [3.05, 3.63) is 0 Å². The van der Waals surface area contributed by atoms with E-state index in [-0.39, 0.29) is 25.0 Å². The van der Waals surface area contributed by atoms with E-state index in [1.165, 1.54) is 25.7 Å². The largest absolute Gasteiger partial charge is 0.483 e. The third-order valence-corrected chi connectivity index (χ3v) is 4.42. The standard InChI is InChI=1S/C21H43N3O4.CH2O2/c1-5-6-7-9-12-15-28-16-13-10-8-11-14-22-21(27)23-19(17-20(25)26)18-24(2,3)4;2-1-3/h19H,5-18H2,1-4H3,(H2-,22,23,25,26,27);1H,(H,2,3)/p+1/t19-;/m1./s1. The Labute approximate surface area is 188 Å². The zero-order chi connectivity index (χ0) is 24.0. The Balaban J connectivity index is 0. The number of hydrogen-bond acceptors (Lipinski definition) is 4. The predicted molar refractivity (Wildman–Crippen MR) is 122 cm³/mol. The number of carboxylic acids is 1. The third-order valence-electron chi connectivity index (χ3n) is 4.42. The van der Waals surface area contributed by atoms with Crippen molar-refractivity contribution in [3.8, 4) is 0 Å². The lowest BCUT2D eigenvalue weighted by atomic mass is 10.2. The van der Waals surface area contributed by atoms with Gasteiger partial charge < -0.3 is 30.1 Å². The van der Waals surface area contributed by atoms with Crippen molar-refractivity contribution in [2.24, 2.45) is 0 Å². The normalized spacial score (nSPS) is 11.7. The average molecular weight is 449 g/mol. The molecule has 0 saturated heterocycles. The summed E-state index contributed by atoms with van der Waals surface area (Å²) in [5.74, 6) is -0.901. The lowest BCUT2D eigenvalue weighted by Gasteiger charge is -2.29. The number of rotatable bonds is 18. The molecule has 0 saturated carbocycles. The topological polar surface area (TPSA) is 125 Å². The Morgan fingerprint density at radius 1 is 0.968 bits per heavy atom. The summed E-state index contributed by atoms with van der Waals surface area (Å²) in [5.41, 5.74) is 0. The minimum absolute atomic E-state index is 0.0679. The SMILES string of the molecule is CCCCCCCOCCCCCCNC(=O)N[C@H](CC(=O)O)C[N+](C)(C)C.O=CO. The van der Waals surface area contributed by atoms with Crippen LogP contribution in [0.5, 0.6) is 0 Å². The number of hydrogen-bond donors (Lipinski definition) is 4. The molecule has 184 valence electrons. The highest BCUT2D eigenvalue weighted by molar-refractivity contribution is 5.75. The number of unbranched alkanes of at least 4 members (excludes halogenated alkanes) is 7. The second-order valence-corrected chi connectivity index (χ2v) is 8.71. The maximum absolute atomic E-state index is 12.0. The van der Waals surface area contributed by atoms with Gasteiger partial charge in [-0.3, -0.25) is 9.59 Å². The Hall–Kier alpha value is -1.87. The van der Waals surface area contributed by atoms with Crippen LogP contribution in [0.15, 0.2) is 0 Å². The Morgan fingerprint density at radius 2 is 1.48 bits per heavy atom. The highest BCUT2D eigenvalue weighted by atomic mass is 16.5. The first-order valence-corrected chi connectivity index (χ1v) is 11.4. The quantitative estimate of drug-likeness (QED) is 0.145. The number of likely N-dealkylation sites (N-methyl/N-ethyl adjacent to an activating group) is 1. The van der Waals surface area contributed by atoms with Gasteiger partial charge in [0.1, 0.15) is 0 Å². The molecular formula is C22H46N3O6+. The van der Waals surface area contributed by atoms with E-state index in [2.05, 4.69) is 17.6 Å². The molecule has 0 bridgehead atoms. The summed E-state index contributed by atoms with van der Waals surface area (Å²) in [6.07, 6.45) is 10.4. The van der Waals surface area contributed by atoms with Gasteiger partial charge >= 0.3 is 12.0 Å². The van der Waals surface area contributed by atoms with E-state index in [1.54, 1.807) is 0 Å². The minimum atomic E-state index is -0.901. The number of carbonyl (C=O) groups is 3. The fraction of sp³-hybridized carbons (Fsp3) is 0.864. The molecule has 2 amide bonds. The zero-order valence-electron chi connectivity index (χ0n) is 20.0. The van der Waals surface area contributed by atoms with Gasteiger partial charge in [0.2, 0.25) is 0 Å². The fourth-order valence-electron chi connectivity index (χ4n) is 3.06. The Kier molecular flexibility index (Phi) is 21.6. The third kappa shape index (κ3) is 28.1. The van der Waals surface area contributed by atoms with Gasteiger partial charge in [0.05, 0.1) is 40.2 Å². The Bertz CT molecular complexity index is 455. The number of nitrogens with one attached hydrogen (secondary N) is 2. The molecule has 4 N–H and O–H groups in total. The number of carboxylic acid groups (broad SMARTS) is 2. The van der Waals surface area contributed by atoms with Gasteiger partial charge in [0.25, 0.3) is 6.47 Å². The number of quaternary nitrogens is 1. The van der Waals surface area contributed by atoms with E-state index >= 15 is 0 Å². The van der Waals surface area contributed by atoms with Crippen molar-refractivity contribution >= 4 is 18.5 Å². The van der Waals surface area contributed by atoms with Crippen LogP contribution in [0, 0.1) is 0 Å². The number of amides is 2. The molecule has 31 heavy (non-hydrogen) atoms. The minimum Gasteiger partial charge on any atom is -0.483 e. The molecule has 1 atom stereocenters. The van der Waals surface area contributed by atoms with Crippen molar-refractivity contribution in [3.63, 3.8) is 0 Å². The van der Waals surface area contributed by atoms with E-state index < -0.39 is 5.97 Å². The van der Waals surface area contributed by atoms with Crippen molar-refractivity contribution in [2.75, 3.05) is 47.4 Å². The number of aliphatic carboxylic acids is 1. The average Bonchev–Trinajstić information content (AvgIpc) is 2.64. The second kappa shape index (κ2) is 21.4. The van der Waals surface area contributed by atoms with Crippen LogP contribution in [0.1, 0.15) is 71.1 Å². The smallest absolute Gasteiger partial charge is 0.315 e. The van der Waals surface area contributed by atoms with Gasteiger partial charge in [-0.15, -0.1) is 0 Å². The fourth-order valence-corrected chi connectivity index (χ4v) is 3.06. The van der Waals surface area contributed by atoms with Crippen LogP contribution < -0.4 is 10.6 Å². The number of nitrogens with zero attached hydrogens (tertiary/aromatic N) is 1. The molecule has 0 aliphatic heterocycles. The summed E-state index contributed by atoms with van der Waals surface area (Å²) in [6, 6.07) is -0.664. The zero-order valence-corrected chi connectivity index (χ0v) is 20.0. The number of urea groups is 1. The lowest BCUT2D eigenvalue weighted by Crippen LogP contribution is -2.52. The van der Waals surface area contributed by atoms with Crippen LogP contribution in [0.4, 0.5) is 4.79 Å². The molecule has 0 heterocycles.